The lowest BCUT2D eigenvalue weighted by Gasteiger charge is -2.05. The molecule has 3 rings (SSSR count). The average molecular weight is 294 g/mol. The van der Waals surface area contributed by atoms with Crippen LogP contribution in [0.1, 0.15) is 18.4 Å². The molecule has 0 bridgehead atoms. The number of para-hydroxylation sites is 1. The molecule has 0 amide bonds. The van der Waals surface area contributed by atoms with E-state index in [1.54, 1.807) is 6.08 Å². The van der Waals surface area contributed by atoms with Crippen LogP contribution in [0.2, 0.25) is 0 Å². The average Bonchev–Trinajstić information content (AvgIpc) is 3.38. The Balaban J connectivity index is 1.53. The number of carbonyl (C=O) groups is 1. The Hall–Kier alpha value is -2.55. The summed E-state index contributed by atoms with van der Waals surface area (Å²) in [6, 6.07) is 17.2. The van der Waals surface area contributed by atoms with Crippen molar-refractivity contribution in [1.29, 1.82) is 0 Å². The van der Waals surface area contributed by atoms with Gasteiger partial charge >= 0.3 is 5.97 Å². The van der Waals surface area contributed by atoms with E-state index in [1.165, 1.54) is 18.9 Å². The normalized spacial score (nSPS) is 14.0. The summed E-state index contributed by atoms with van der Waals surface area (Å²) < 4.78 is 10.9. The molecule has 1 aliphatic rings. The molecule has 3 nitrogen and oxygen atoms in total. The molecule has 0 heterocycles. The number of ether oxygens (including phenoxy) is 2. The van der Waals surface area contributed by atoms with Gasteiger partial charge < -0.3 is 9.47 Å². The van der Waals surface area contributed by atoms with E-state index in [9.17, 15) is 4.79 Å². The lowest BCUT2D eigenvalue weighted by Crippen LogP contribution is -2.03. The molecule has 3 heteroatoms. The first-order valence-corrected chi connectivity index (χ1v) is 7.47. The van der Waals surface area contributed by atoms with Gasteiger partial charge in [-0.15, -0.1) is 0 Å². The van der Waals surface area contributed by atoms with Gasteiger partial charge in [0.15, 0.2) is 0 Å². The van der Waals surface area contributed by atoms with Gasteiger partial charge in [-0.25, -0.2) is 4.79 Å². The van der Waals surface area contributed by atoms with Gasteiger partial charge in [0.25, 0.3) is 0 Å². The Morgan fingerprint density at radius 1 is 1.00 bits per heavy atom. The van der Waals surface area contributed by atoms with E-state index in [1.807, 2.05) is 54.6 Å². The van der Waals surface area contributed by atoms with Crippen LogP contribution in [-0.2, 0) is 9.53 Å². The maximum Gasteiger partial charge on any atom is 0.330 e. The first-order valence-electron chi connectivity index (χ1n) is 7.47. The van der Waals surface area contributed by atoms with Crippen LogP contribution in [0, 0.1) is 5.92 Å². The Kier molecular flexibility index (Phi) is 4.54. The van der Waals surface area contributed by atoms with Crippen LogP contribution in [0.4, 0.5) is 0 Å². The molecule has 0 N–H and O–H groups in total. The van der Waals surface area contributed by atoms with Crippen molar-refractivity contribution in [3.63, 3.8) is 0 Å². The van der Waals surface area contributed by atoms with Crippen molar-refractivity contribution in [3.05, 3.63) is 66.2 Å². The van der Waals surface area contributed by atoms with Gasteiger partial charge in [-0.1, -0.05) is 30.3 Å². The van der Waals surface area contributed by atoms with Crippen molar-refractivity contribution in [2.75, 3.05) is 6.61 Å². The van der Waals surface area contributed by atoms with Crippen LogP contribution in [-0.4, -0.2) is 12.6 Å². The molecule has 0 spiro atoms. The molecule has 2 aromatic carbocycles. The van der Waals surface area contributed by atoms with Gasteiger partial charge in [-0.2, -0.15) is 0 Å². The minimum absolute atomic E-state index is 0.281. The zero-order chi connectivity index (χ0) is 15.2. The van der Waals surface area contributed by atoms with E-state index in [2.05, 4.69) is 0 Å². The van der Waals surface area contributed by atoms with E-state index in [-0.39, 0.29) is 5.97 Å². The van der Waals surface area contributed by atoms with Crippen LogP contribution >= 0.6 is 0 Å². The van der Waals surface area contributed by atoms with E-state index in [4.69, 9.17) is 9.47 Å². The van der Waals surface area contributed by atoms with Crippen molar-refractivity contribution in [3.8, 4) is 11.5 Å². The second-order valence-electron chi connectivity index (χ2n) is 5.39. The molecular formula is C19H18O3. The minimum atomic E-state index is -0.281. The molecule has 0 saturated heterocycles. The fraction of sp³-hybridized carbons (Fsp3) is 0.211. The van der Waals surface area contributed by atoms with E-state index < -0.39 is 0 Å². The molecule has 1 fully saturated rings. The Morgan fingerprint density at radius 2 is 1.68 bits per heavy atom. The van der Waals surface area contributed by atoms with Gasteiger partial charge in [0.1, 0.15) is 11.5 Å². The predicted molar refractivity (Wildman–Crippen MR) is 85.7 cm³/mol. The summed E-state index contributed by atoms with van der Waals surface area (Å²) in [4.78, 5) is 11.5. The Labute approximate surface area is 130 Å². The largest absolute Gasteiger partial charge is 0.462 e. The fourth-order valence-corrected chi connectivity index (χ4v) is 1.97. The van der Waals surface area contributed by atoms with Crippen LogP contribution in [0.5, 0.6) is 11.5 Å². The van der Waals surface area contributed by atoms with Gasteiger partial charge in [0.05, 0.1) is 6.61 Å². The number of hydrogen-bond donors (Lipinski definition) is 0. The molecule has 2 aromatic rings. The number of esters is 1. The lowest BCUT2D eigenvalue weighted by atomic mass is 10.2. The standard InChI is InChI=1S/C19H18O3/c20-19(21-14-16-6-7-16)13-10-15-8-11-18(12-9-15)22-17-4-2-1-3-5-17/h1-5,8-13,16H,6-7,14H2/b13-10+. The molecule has 0 unspecified atom stereocenters. The highest BCUT2D eigenvalue weighted by molar-refractivity contribution is 5.87. The van der Waals surface area contributed by atoms with Crippen LogP contribution < -0.4 is 4.74 Å². The van der Waals surface area contributed by atoms with Gasteiger partial charge in [0.2, 0.25) is 0 Å². The second-order valence-corrected chi connectivity index (χ2v) is 5.39. The first-order chi connectivity index (χ1) is 10.8. The van der Waals surface area contributed by atoms with E-state index in [0.29, 0.717) is 12.5 Å². The van der Waals surface area contributed by atoms with Crippen molar-refractivity contribution in [2.45, 2.75) is 12.8 Å². The van der Waals surface area contributed by atoms with Crippen molar-refractivity contribution in [2.24, 2.45) is 5.92 Å². The Morgan fingerprint density at radius 3 is 2.36 bits per heavy atom. The van der Waals surface area contributed by atoms with Crippen molar-refractivity contribution >= 4 is 12.0 Å². The second kappa shape index (κ2) is 6.94. The quantitative estimate of drug-likeness (QED) is 0.583. The van der Waals surface area contributed by atoms with Crippen molar-refractivity contribution < 1.29 is 14.3 Å². The third kappa shape index (κ3) is 4.48. The molecule has 0 aromatic heterocycles. The van der Waals surface area contributed by atoms with E-state index in [0.717, 1.165) is 17.1 Å². The van der Waals surface area contributed by atoms with E-state index >= 15 is 0 Å². The molecule has 1 saturated carbocycles. The number of benzene rings is 2. The zero-order valence-corrected chi connectivity index (χ0v) is 12.3. The summed E-state index contributed by atoms with van der Waals surface area (Å²) in [5.74, 6) is 1.87. The number of carbonyl (C=O) groups excluding carboxylic acids is 1. The summed E-state index contributed by atoms with van der Waals surface area (Å²) in [5, 5.41) is 0. The monoisotopic (exact) mass is 294 g/mol. The highest BCUT2D eigenvalue weighted by Crippen LogP contribution is 2.28. The highest BCUT2D eigenvalue weighted by Gasteiger charge is 2.22. The highest BCUT2D eigenvalue weighted by atomic mass is 16.5. The zero-order valence-electron chi connectivity index (χ0n) is 12.3. The minimum Gasteiger partial charge on any atom is -0.462 e. The third-order valence-electron chi connectivity index (χ3n) is 3.43. The maximum absolute atomic E-state index is 11.5. The third-order valence-corrected chi connectivity index (χ3v) is 3.43. The van der Waals surface area contributed by atoms with Crippen LogP contribution in [0.25, 0.3) is 6.08 Å². The molecule has 0 aliphatic heterocycles. The van der Waals surface area contributed by atoms with Gasteiger partial charge in [0, 0.05) is 6.08 Å². The molecule has 1 aliphatic carbocycles. The molecule has 112 valence electrons. The predicted octanol–water partition coefficient (Wildman–Crippen LogP) is 4.45. The summed E-state index contributed by atoms with van der Waals surface area (Å²) in [7, 11) is 0. The number of hydrogen-bond acceptors (Lipinski definition) is 3. The summed E-state index contributed by atoms with van der Waals surface area (Å²) in [6.07, 6.45) is 5.58. The Bertz CT molecular complexity index is 640. The molecule has 22 heavy (non-hydrogen) atoms. The SMILES string of the molecule is O=C(/C=C/c1ccc(Oc2ccccc2)cc1)OCC1CC1. The summed E-state index contributed by atoms with van der Waals surface area (Å²) in [6.45, 7) is 0.549. The van der Waals surface area contributed by atoms with Crippen molar-refractivity contribution in [1.82, 2.24) is 0 Å². The first kappa shape index (κ1) is 14.4. The van der Waals surface area contributed by atoms with Crippen LogP contribution in [0.3, 0.4) is 0 Å². The maximum atomic E-state index is 11.5. The fourth-order valence-electron chi connectivity index (χ4n) is 1.97. The number of rotatable bonds is 6. The molecule has 0 atom stereocenters. The summed E-state index contributed by atoms with van der Waals surface area (Å²) in [5.41, 5.74) is 0.934. The smallest absolute Gasteiger partial charge is 0.330 e. The topological polar surface area (TPSA) is 35.5 Å². The lowest BCUT2D eigenvalue weighted by molar-refractivity contribution is -0.138. The molecule has 0 radical (unpaired) electrons. The van der Waals surface area contributed by atoms with Gasteiger partial charge in [-0.3, -0.25) is 0 Å². The molecular weight excluding hydrogens is 276 g/mol. The van der Waals surface area contributed by atoms with Crippen LogP contribution in [0.15, 0.2) is 60.7 Å². The van der Waals surface area contributed by atoms with Gasteiger partial charge in [-0.05, 0) is 54.7 Å². The summed E-state index contributed by atoms with van der Waals surface area (Å²) >= 11 is 0.